The van der Waals surface area contributed by atoms with E-state index in [4.69, 9.17) is 22.8 Å². The molecule has 8 atom stereocenters. The third-order valence-electron chi connectivity index (χ3n) is 14.1. The van der Waals surface area contributed by atoms with Crippen LogP contribution in [0.1, 0.15) is 130 Å². The largest absolute Gasteiger partial charge is 0.497 e. The first-order valence-corrected chi connectivity index (χ1v) is 30.7. The number of benzene rings is 1. The fraction of sp³-hybridized carbons (Fsp3) is 0.760. The molecule has 0 heterocycles. The first-order valence-electron chi connectivity index (χ1n) is 22.7. The summed E-state index contributed by atoms with van der Waals surface area (Å²) in [5, 5.41) is 0.242. The molecule has 0 saturated heterocycles. The molecule has 0 saturated carbocycles. The molecule has 5 nitrogen and oxygen atoms in total. The minimum atomic E-state index is -2.16. The van der Waals surface area contributed by atoms with Crippen LogP contribution >= 0.6 is 0 Å². The molecule has 336 valence electrons. The number of hydrogen-bond acceptors (Lipinski definition) is 5. The van der Waals surface area contributed by atoms with E-state index in [0.29, 0.717) is 23.2 Å². The van der Waals surface area contributed by atoms with E-state index >= 15 is 0 Å². The summed E-state index contributed by atoms with van der Waals surface area (Å²) in [6.45, 7) is 54.8. The van der Waals surface area contributed by atoms with Gasteiger partial charge in [-0.15, -0.1) is 0 Å². The lowest BCUT2D eigenvalue weighted by Gasteiger charge is -2.47. The topological polar surface area (TPSA) is 46.2 Å². The zero-order valence-electron chi connectivity index (χ0n) is 41.9. The standard InChI is InChI=1S/C50H94O5Si3/c1-24-25-27-40(9)47(52-35-44-30-32-45(51-19)33-31-44)43(12)48(54-57(22,23)50(16,17)18)41(10)29-26-28-39(8)46(42(11)34-53-56(20,21)49(13,14)15)55-58(36(2)3,37(4)5)38(6)7/h24-28,30-33,36-43,46-48H,1,29,34-35H2,2-23H3/b27-25-,28-26-/t39-,40-,41-,42-,43+,46+,47-,48+/m0/s1. The monoisotopic (exact) mass is 859 g/mol. The van der Waals surface area contributed by atoms with Crippen LogP contribution in [0.4, 0.5) is 0 Å². The van der Waals surface area contributed by atoms with Crippen molar-refractivity contribution in [2.45, 2.75) is 202 Å². The van der Waals surface area contributed by atoms with Crippen molar-refractivity contribution in [3.63, 3.8) is 0 Å². The molecule has 0 aliphatic carbocycles. The Kier molecular flexibility index (Phi) is 21.9. The summed E-state index contributed by atoms with van der Waals surface area (Å²) in [4.78, 5) is 0. The molecule has 0 amide bonds. The van der Waals surface area contributed by atoms with Crippen molar-refractivity contribution in [1.82, 2.24) is 0 Å². The predicted molar refractivity (Wildman–Crippen MR) is 262 cm³/mol. The first-order chi connectivity index (χ1) is 26.5. The highest BCUT2D eigenvalue weighted by molar-refractivity contribution is 6.77. The van der Waals surface area contributed by atoms with Gasteiger partial charge in [0.2, 0.25) is 8.32 Å². The van der Waals surface area contributed by atoms with Gasteiger partial charge in [0, 0.05) is 24.4 Å². The van der Waals surface area contributed by atoms with Gasteiger partial charge in [-0.1, -0.05) is 167 Å². The fourth-order valence-electron chi connectivity index (χ4n) is 8.29. The number of ether oxygens (including phenoxy) is 2. The Labute approximate surface area is 364 Å². The molecular formula is C50H94O5Si3. The van der Waals surface area contributed by atoms with E-state index in [0.717, 1.165) is 24.3 Å². The van der Waals surface area contributed by atoms with Gasteiger partial charge in [-0.3, -0.25) is 0 Å². The molecule has 0 aliphatic heterocycles. The highest BCUT2D eigenvalue weighted by atomic mass is 28.4. The summed E-state index contributed by atoms with van der Waals surface area (Å²) in [6.07, 6.45) is 11.9. The van der Waals surface area contributed by atoms with E-state index < -0.39 is 25.0 Å². The Bertz CT molecular complexity index is 1360. The summed E-state index contributed by atoms with van der Waals surface area (Å²) >= 11 is 0. The van der Waals surface area contributed by atoms with E-state index in [1.807, 2.05) is 24.3 Å². The summed E-state index contributed by atoms with van der Waals surface area (Å²) in [5.41, 5.74) is 2.67. The van der Waals surface area contributed by atoms with Crippen LogP contribution in [-0.4, -0.2) is 57.0 Å². The summed E-state index contributed by atoms with van der Waals surface area (Å²) in [6, 6.07) is 8.20. The first kappa shape index (κ1) is 54.7. The maximum absolute atomic E-state index is 7.68. The van der Waals surface area contributed by atoms with Gasteiger partial charge in [0.1, 0.15) is 5.75 Å². The van der Waals surface area contributed by atoms with Crippen molar-refractivity contribution >= 4 is 25.0 Å². The zero-order chi connectivity index (χ0) is 45.0. The van der Waals surface area contributed by atoms with Gasteiger partial charge in [-0.25, -0.2) is 0 Å². The van der Waals surface area contributed by atoms with Crippen LogP contribution in [0.3, 0.4) is 0 Å². The van der Waals surface area contributed by atoms with Gasteiger partial charge in [-0.05, 0) is 88.8 Å². The molecule has 1 aromatic rings. The number of rotatable bonds is 25. The molecule has 1 aromatic carbocycles. The predicted octanol–water partition coefficient (Wildman–Crippen LogP) is 15.4. The van der Waals surface area contributed by atoms with E-state index in [9.17, 15) is 0 Å². The number of allylic oxidation sites excluding steroid dienone is 3. The van der Waals surface area contributed by atoms with Crippen LogP contribution in [0.5, 0.6) is 5.75 Å². The molecule has 58 heavy (non-hydrogen) atoms. The number of hydrogen-bond donors (Lipinski definition) is 0. The normalized spacial score (nSPS) is 18.2. The Morgan fingerprint density at radius 1 is 0.638 bits per heavy atom. The average Bonchev–Trinajstić information content (AvgIpc) is 3.11. The molecule has 0 spiro atoms. The van der Waals surface area contributed by atoms with Crippen molar-refractivity contribution in [2.75, 3.05) is 13.7 Å². The lowest BCUT2D eigenvalue weighted by molar-refractivity contribution is -0.0641. The summed E-state index contributed by atoms with van der Waals surface area (Å²) < 4.78 is 34.3. The second-order valence-corrected chi connectivity index (χ2v) is 36.7. The van der Waals surface area contributed by atoms with Crippen molar-refractivity contribution in [1.29, 1.82) is 0 Å². The minimum absolute atomic E-state index is 0.00753. The second kappa shape index (κ2) is 23.3. The van der Waals surface area contributed by atoms with Crippen LogP contribution < -0.4 is 4.74 Å². The van der Waals surface area contributed by atoms with Gasteiger partial charge in [-0.2, -0.15) is 0 Å². The Morgan fingerprint density at radius 2 is 1.14 bits per heavy atom. The zero-order valence-corrected chi connectivity index (χ0v) is 44.9. The van der Waals surface area contributed by atoms with Crippen molar-refractivity contribution in [2.24, 2.45) is 29.6 Å². The molecule has 0 aromatic heterocycles. The van der Waals surface area contributed by atoms with Gasteiger partial charge >= 0.3 is 0 Å². The van der Waals surface area contributed by atoms with Crippen LogP contribution in [0.25, 0.3) is 0 Å². The van der Waals surface area contributed by atoms with Crippen LogP contribution in [0.2, 0.25) is 52.9 Å². The Hall–Kier alpha value is -1.27. The van der Waals surface area contributed by atoms with Gasteiger partial charge in [0.15, 0.2) is 16.6 Å². The fourth-order valence-corrected chi connectivity index (χ4v) is 16.6. The molecular weight excluding hydrogens is 765 g/mol. The van der Waals surface area contributed by atoms with Crippen LogP contribution in [0, 0.1) is 29.6 Å². The van der Waals surface area contributed by atoms with Crippen LogP contribution in [0.15, 0.2) is 61.2 Å². The molecule has 0 unspecified atom stereocenters. The molecule has 0 N–H and O–H groups in total. The third kappa shape index (κ3) is 15.3. The molecule has 8 heteroatoms. The van der Waals surface area contributed by atoms with Gasteiger partial charge < -0.3 is 22.8 Å². The average molecular weight is 860 g/mol. The van der Waals surface area contributed by atoms with Crippen molar-refractivity contribution < 1.29 is 22.8 Å². The summed E-state index contributed by atoms with van der Waals surface area (Å²) in [7, 11) is -4.52. The second-order valence-electron chi connectivity index (χ2n) is 21.8. The van der Waals surface area contributed by atoms with E-state index in [-0.39, 0.29) is 58.0 Å². The Balaban J connectivity index is 3.63. The van der Waals surface area contributed by atoms with Gasteiger partial charge in [0.05, 0.1) is 32.0 Å². The van der Waals surface area contributed by atoms with Crippen molar-refractivity contribution in [3.8, 4) is 5.75 Å². The highest BCUT2D eigenvalue weighted by Gasteiger charge is 2.48. The van der Waals surface area contributed by atoms with Crippen LogP contribution in [-0.2, 0) is 24.6 Å². The highest BCUT2D eigenvalue weighted by Crippen LogP contribution is 2.46. The maximum atomic E-state index is 7.68. The molecule has 0 aliphatic rings. The van der Waals surface area contributed by atoms with E-state index in [1.54, 1.807) is 7.11 Å². The Morgan fingerprint density at radius 3 is 1.59 bits per heavy atom. The smallest absolute Gasteiger partial charge is 0.200 e. The quantitative estimate of drug-likeness (QED) is 0.0557. The number of methoxy groups -OCH3 is 1. The maximum Gasteiger partial charge on any atom is 0.200 e. The molecule has 0 fully saturated rings. The summed E-state index contributed by atoms with van der Waals surface area (Å²) in [5.74, 6) is 1.91. The lowest BCUT2D eigenvalue weighted by Crippen LogP contribution is -2.53. The SMILES string of the molecule is C=C/C=C\[C@H](C)[C@H](OCc1ccc(OC)cc1)[C@@H](C)[C@H](O[Si](C)(C)C(C)(C)C)[C@@H](C)C/C=C\[C@H](C)[C@@H](O[Si](C(C)C)(C(C)C)C(C)C)[C@@H](C)CO[Si](C)(C)C(C)(C)C. The molecule has 1 rings (SSSR count). The van der Waals surface area contributed by atoms with E-state index in [1.165, 1.54) is 0 Å². The molecule has 0 radical (unpaired) electrons. The minimum Gasteiger partial charge on any atom is -0.497 e. The lowest BCUT2D eigenvalue weighted by atomic mass is 9.82. The van der Waals surface area contributed by atoms with E-state index in [2.05, 4.69) is 181 Å². The third-order valence-corrected chi connectivity index (χ3v) is 29.2. The van der Waals surface area contributed by atoms with Crippen molar-refractivity contribution in [3.05, 3.63) is 66.8 Å². The van der Waals surface area contributed by atoms with Gasteiger partial charge in [0.25, 0.3) is 0 Å². The molecule has 0 bridgehead atoms.